The lowest BCUT2D eigenvalue weighted by molar-refractivity contribution is -0.0223. The number of anilines is 2. The average molecular weight is 961 g/mol. The number of nitrogens with zero attached hydrogens (tertiary/aromatic N) is 8. The topological polar surface area (TPSA) is 191 Å². The number of methoxy groups -OCH3 is 1. The van der Waals surface area contributed by atoms with Crippen LogP contribution in [0, 0.1) is 0 Å². The van der Waals surface area contributed by atoms with Crippen molar-refractivity contribution in [2.75, 3.05) is 144 Å². The van der Waals surface area contributed by atoms with Crippen molar-refractivity contribution < 1.29 is 52.1 Å². The Morgan fingerprint density at radius 3 is 1.90 bits per heavy atom. The van der Waals surface area contributed by atoms with Crippen LogP contribution >= 0.6 is 11.6 Å². The maximum absolute atomic E-state index is 6.52. The van der Waals surface area contributed by atoms with Crippen molar-refractivity contribution in [2.45, 2.75) is 63.8 Å². The average Bonchev–Trinajstić information content (AvgIpc) is 4.02. The molecule has 1 aromatic carbocycles. The molecule has 21 heteroatoms. The predicted octanol–water partition coefficient (Wildman–Crippen LogP) is 5.14. The van der Waals surface area contributed by atoms with E-state index in [2.05, 4.69) is 30.3 Å². The summed E-state index contributed by atoms with van der Waals surface area (Å²) in [5, 5.41) is 13.0. The van der Waals surface area contributed by atoms with Gasteiger partial charge in [0, 0.05) is 57.2 Å². The second kappa shape index (κ2) is 31.1. The monoisotopic (exact) mass is 959 g/mol. The fourth-order valence-electron chi connectivity index (χ4n) is 7.56. The lowest BCUT2D eigenvalue weighted by Gasteiger charge is -2.38. The zero-order chi connectivity index (χ0) is 46.6. The van der Waals surface area contributed by atoms with E-state index in [4.69, 9.17) is 68.8 Å². The van der Waals surface area contributed by atoms with Gasteiger partial charge in [0.05, 0.1) is 136 Å². The van der Waals surface area contributed by atoms with Gasteiger partial charge in [0.2, 0.25) is 5.95 Å². The number of benzene rings is 1. The second-order valence-corrected chi connectivity index (χ2v) is 16.4. The molecule has 0 unspecified atom stereocenters. The molecule has 6 rings (SSSR count). The summed E-state index contributed by atoms with van der Waals surface area (Å²) in [6.45, 7) is 14.3. The van der Waals surface area contributed by atoms with Gasteiger partial charge in [-0.15, -0.1) is 5.10 Å². The molecule has 1 aliphatic heterocycles. The van der Waals surface area contributed by atoms with Gasteiger partial charge in [-0.25, -0.2) is 19.6 Å². The summed E-state index contributed by atoms with van der Waals surface area (Å²) in [7, 11) is 1.65. The van der Waals surface area contributed by atoms with Crippen LogP contribution in [0.4, 0.5) is 11.6 Å². The molecule has 0 bridgehead atoms. The fourth-order valence-corrected chi connectivity index (χ4v) is 7.72. The van der Waals surface area contributed by atoms with Crippen molar-refractivity contribution in [3.05, 3.63) is 54.5 Å². The Kier molecular flexibility index (Phi) is 24.3. The minimum atomic E-state index is -0.186. The van der Waals surface area contributed by atoms with E-state index in [1.54, 1.807) is 30.5 Å². The molecule has 3 aromatic heterocycles. The first-order valence-corrected chi connectivity index (χ1v) is 23.9. The first kappa shape index (κ1) is 52.3. The minimum Gasteiger partial charge on any atom is -0.487 e. The van der Waals surface area contributed by atoms with E-state index in [-0.39, 0.29) is 12.1 Å². The summed E-state index contributed by atoms with van der Waals surface area (Å²) in [5.41, 5.74) is 2.39. The quantitative estimate of drug-likeness (QED) is 0.0596. The summed E-state index contributed by atoms with van der Waals surface area (Å²) in [6, 6.07) is 6.48. The Bertz CT molecular complexity index is 1890. The Morgan fingerprint density at radius 2 is 1.31 bits per heavy atom. The highest BCUT2D eigenvalue weighted by Gasteiger charge is 2.29. The summed E-state index contributed by atoms with van der Waals surface area (Å²) in [4.78, 5) is 15.9. The highest BCUT2D eigenvalue weighted by atomic mass is 35.5. The molecular weight excluding hydrogens is 890 g/mol. The third-order valence-electron chi connectivity index (χ3n) is 11.0. The SMILES string of the molecule is COCCOCCOCCOCCOCCOCCOCCOCCCOc1nn(C2CCC(N3CCOCC3)CC2)cc1Nc1ncc(-c2ccc(Cl)c(O[C@@H](C)Cn3cncn3)c2)cn1. The van der Waals surface area contributed by atoms with E-state index >= 15 is 0 Å². The zero-order valence-corrected chi connectivity index (χ0v) is 39.9. The van der Waals surface area contributed by atoms with Crippen LogP contribution in [0.2, 0.25) is 5.02 Å². The van der Waals surface area contributed by atoms with Crippen molar-refractivity contribution in [3.8, 4) is 22.8 Å². The summed E-state index contributed by atoms with van der Waals surface area (Å²) in [6.07, 6.45) is 13.5. The number of hydrogen-bond acceptors (Lipinski definition) is 18. The van der Waals surface area contributed by atoms with Crippen LogP contribution in [0.5, 0.6) is 11.6 Å². The third-order valence-corrected chi connectivity index (χ3v) is 11.4. The van der Waals surface area contributed by atoms with Gasteiger partial charge in [0.25, 0.3) is 5.88 Å². The van der Waals surface area contributed by atoms with Gasteiger partial charge >= 0.3 is 0 Å². The molecule has 1 saturated carbocycles. The molecule has 1 saturated heterocycles. The van der Waals surface area contributed by atoms with Gasteiger partial charge in [-0.05, 0) is 50.3 Å². The Hall–Kier alpha value is -4.06. The molecule has 4 heterocycles. The number of aromatic nitrogens is 7. The number of ether oxygens (including phenoxy) is 11. The molecule has 1 atom stereocenters. The van der Waals surface area contributed by atoms with E-state index in [0.717, 1.165) is 63.1 Å². The van der Waals surface area contributed by atoms with Gasteiger partial charge in [-0.2, -0.15) is 5.10 Å². The number of rotatable bonds is 35. The van der Waals surface area contributed by atoms with Crippen LogP contribution in [0.25, 0.3) is 11.1 Å². The highest BCUT2D eigenvalue weighted by Crippen LogP contribution is 2.35. The zero-order valence-electron chi connectivity index (χ0n) is 39.2. The molecule has 4 aromatic rings. The lowest BCUT2D eigenvalue weighted by Crippen LogP contribution is -2.45. The molecule has 2 aliphatic rings. The van der Waals surface area contributed by atoms with Crippen LogP contribution in [0.15, 0.2) is 49.4 Å². The maximum atomic E-state index is 6.52. The molecule has 1 aliphatic carbocycles. The smallest absolute Gasteiger partial charge is 0.256 e. The largest absolute Gasteiger partial charge is 0.487 e. The van der Waals surface area contributed by atoms with Crippen LogP contribution in [-0.4, -0.2) is 191 Å². The normalized spacial score (nSPS) is 17.2. The Balaban J connectivity index is 0.872. The summed E-state index contributed by atoms with van der Waals surface area (Å²) < 4.78 is 65.6. The van der Waals surface area contributed by atoms with Crippen molar-refractivity contribution in [1.29, 1.82) is 0 Å². The lowest BCUT2D eigenvalue weighted by atomic mass is 9.90. The summed E-state index contributed by atoms with van der Waals surface area (Å²) >= 11 is 6.52. The van der Waals surface area contributed by atoms with Crippen molar-refractivity contribution >= 4 is 23.2 Å². The number of morpholine rings is 1. The van der Waals surface area contributed by atoms with Crippen molar-refractivity contribution in [3.63, 3.8) is 0 Å². The Labute approximate surface area is 399 Å². The first-order valence-electron chi connectivity index (χ1n) is 23.5. The van der Waals surface area contributed by atoms with Gasteiger partial charge in [-0.1, -0.05) is 17.7 Å². The van der Waals surface area contributed by atoms with E-state index in [9.17, 15) is 0 Å². The fraction of sp³-hybridized carbons (Fsp3) is 0.674. The van der Waals surface area contributed by atoms with Crippen LogP contribution in [0.1, 0.15) is 45.1 Å². The molecule has 0 amide bonds. The van der Waals surface area contributed by atoms with Gasteiger partial charge in [0.1, 0.15) is 30.2 Å². The van der Waals surface area contributed by atoms with E-state index < -0.39 is 0 Å². The minimum absolute atomic E-state index is 0.186. The van der Waals surface area contributed by atoms with Gasteiger partial charge in [-0.3, -0.25) is 9.58 Å². The third kappa shape index (κ3) is 19.5. The number of hydrogen-bond donors (Lipinski definition) is 1. The molecule has 67 heavy (non-hydrogen) atoms. The molecule has 1 N–H and O–H groups in total. The van der Waals surface area contributed by atoms with Crippen LogP contribution in [0.3, 0.4) is 0 Å². The molecule has 372 valence electrons. The number of halogens is 1. The molecule has 0 spiro atoms. The van der Waals surface area contributed by atoms with Gasteiger partial charge < -0.3 is 57.4 Å². The molecular formula is C46H70ClN9O11. The molecule has 0 radical (unpaired) electrons. The highest BCUT2D eigenvalue weighted by molar-refractivity contribution is 6.32. The molecule has 20 nitrogen and oxygen atoms in total. The van der Waals surface area contributed by atoms with Gasteiger partial charge in [0.15, 0.2) is 0 Å². The molecule has 2 fully saturated rings. The Morgan fingerprint density at radius 1 is 0.731 bits per heavy atom. The summed E-state index contributed by atoms with van der Waals surface area (Å²) in [5.74, 6) is 1.49. The standard InChI is InChI=1S/C46H70ClN9O11/c1-37(33-55-36-48-35-51-55)67-44-30-38(4-9-42(44)47)39-31-49-46(50-32-39)52-43-34-56(41-7-5-40(6-8-41)54-10-14-59-15-11-54)53-45(43)66-13-3-12-58-18-19-61-22-23-63-26-27-65-29-28-64-25-24-62-21-20-60-17-16-57-2/h4,9,30-32,34-37,40-41H,3,5-8,10-29,33H2,1-2H3,(H,49,50,52)/t37-,40?,41?/m0/s1. The number of nitrogens with one attached hydrogen (secondary N) is 1. The predicted molar refractivity (Wildman–Crippen MR) is 250 cm³/mol. The van der Waals surface area contributed by atoms with Crippen LogP contribution in [-0.2, 0) is 49.2 Å². The van der Waals surface area contributed by atoms with E-state index in [1.165, 1.54) is 6.33 Å². The van der Waals surface area contributed by atoms with Crippen LogP contribution < -0.4 is 14.8 Å². The van der Waals surface area contributed by atoms with E-state index in [1.807, 2.05) is 36.0 Å². The van der Waals surface area contributed by atoms with Crippen molar-refractivity contribution in [2.24, 2.45) is 0 Å². The first-order chi connectivity index (χ1) is 33.1. The second-order valence-electron chi connectivity index (χ2n) is 16.0. The maximum Gasteiger partial charge on any atom is 0.256 e. The van der Waals surface area contributed by atoms with Crippen molar-refractivity contribution in [1.82, 2.24) is 39.4 Å². The van der Waals surface area contributed by atoms with E-state index in [0.29, 0.717) is 153 Å².